The minimum Gasteiger partial charge on any atom is -0.493 e. The van der Waals surface area contributed by atoms with E-state index in [0.717, 1.165) is 38.3 Å². The number of thioether (sulfide) groups is 1. The van der Waals surface area contributed by atoms with Crippen molar-refractivity contribution in [3.8, 4) is 11.5 Å². The average Bonchev–Trinajstić information content (AvgIpc) is 2.98. The molecule has 2 aliphatic heterocycles. The molecule has 7 nitrogen and oxygen atoms in total. The van der Waals surface area contributed by atoms with E-state index >= 15 is 0 Å². The summed E-state index contributed by atoms with van der Waals surface area (Å²) >= 11 is 5.27. The second-order valence-electron chi connectivity index (χ2n) is 9.64. The van der Waals surface area contributed by atoms with E-state index in [2.05, 4.69) is 28.2 Å². The lowest BCUT2D eigenvalue weighted by atomic mass is 10.1. The molecule has 1 unspecified atom stereocenters. The van der Waals surface area contributed by atoms with E-state index in [1.54, 1.807) is 23.9 Å². The molecule has 5 rings (SSSR count). The van der Waals surface area contributed by atoms with Gasteiger partial charge in [0.1, 0.15) is 12.3 Å². The monoisotopic (exact) mass is 620 g/mol. The summed E-state index contributed by atoms with van der Waals surface area (Å²) in [5, 5.41) is 11.7. The quantitative estimate of drug-likeness (QED) is 0.271. The number of ether oxygens (including phenoxy) is 2. The van der Waals surface area contributed by atoms with Crippen molar-refractivity contribution in [3.63, 3.8) is 0 Å². The number of carbonyl (C=O) groups excluding carboxylic acids is 1. The number of unbranched alkanes of at least 4 members (excludes halogenated alkanes) is 4. The lowest BCUT2D eigenvalue weighted by Crippen LogP contribution is -2.50. The Bertz CT molecular complexity index is 1510. The Labute approximate surface area is 247 Å². The summed E-state index contributed by atoms with van der Waals surface area (Å²) in [6.45, 7) is 2.62. The Morgan fingerprint density at radius 2 is 1.80 bits per heavy atom. The highest BCUT2D eigenvalue weighted by Gasteiger charge is 2.35. The summed E-state index contributed by atoms with van der Waals surface area (Å²) in [7, 11) is 1.62. The molecule has 1 amide bonds. The Balaban J connectivity index is 1.46. The maximum atomic E-state index is 13.4. The molecule has 1 N–H and O–H groups in total. The first kappa shape index (κ1) is 28.2. The highest BCUT2D eigenvalue weighted by atomic mass is 79.9. The normalized spacial score (nSPS) is 15.9. The summed E-state index contributed by atoms with van der Waals surface area (Å²) in [5.41, 5.74) is 2.37. The number of nitrogens with zero attached hydrogens (tertiary/aromatic N) is 3. The number of hydrogen-bond donors (Lipinski definition) is 1. The number of rotatable bonds is 11. The van der Waals surface area contributed by atoms with Crippen LogP contribution in [0.4, 0.5) is 0 Å². The largest absolute Gasteiger partial charge is 0.493 e. The Morgan fingerprint density at radius 3 is 2.60 bits per heavy atom. The molecule has 2 aliphatic rings. The van der Waals surface area contributed by atoms with Crippen LogP contribution in [0.1, 0.15) is 56.3 Å². The topological polar surface area (TPSA) is 75.5 Å². The van der Waals surface area contributed by atoms with Crippen molar-refractivity contribution in [2.75, 3.05) is 12.9 Å². The second-order valence-corrected chi connectivity index (χ2v) is 11.6. The summed E-state index contributed by atoms with van der Waals surface area (Å²) in [6, 6.07) is 21.5. The molecular formula is C31H33BrN4O3S. The molecule has 0 saturated carbocycles. The summed E-state index contributed by atoms with van der Waals surface area (Å²) in [6.07, 6.45) is 5.43. The number of nitrogens with one attached hydrogen (secondary N) is 1. The molecule has 208 valence electrons. The third-order valence-electron chi connectivity index (χ3n) is 6.78. The molecule has 0 aromatic heterocycles. The zero-order valence-electron chi connectivity index (χ0n) is 22.7. The molecule has 3 aromatic carbocycles. The van der Waals surface area contributed by atoms with Crippen molar-refractivity contribution in [3.05, 3.63) is 92.9 Å². The number of amidine groups is 1. The molecule has 2 heterocycles. The number of fused-ring (bicyclic) bond motifs is 2. The lowest BCUT2D eigenvalue weighted by Gasteiger charge is -2.34. The highest BCUT2D eigenvalue weighted by Crippen LogP contribution is 2.41. The Morgan fingerprint density at radius 1 is 1.02 bits per heavy atom. The number of methoxy groups -OCH3 is 1. The predicted octanol–water partition coefficient (Wildman–Crippen LogP) is 5.88. The van der Waals surface area contributed by atoms with Crippen molar-refractivity contribution in [1.82, 2.24) is 10.3 Å². The van der Waals surface area contributed by atoms with Gasteiger partial charge in [-0.2, -0.15) is 0 Å². The third kappa shape index (κ3) is 6.36. The molecule has 40 heavy (non-hydrogen) atoms. The van der Waals surface area contributed by atoms with Gasteiger partial charge in [-0.1, -0.05) is 92.9 Å². The average molecular weight is 622 g/mol. The van der Waals surface area contributed by atoms with Gasteiger partial charge >= 0.3 is 0 Å². The van der Waals surface area contributed by atoms with Crippen LogP contribution < -0.4 is 25.4 Å². The van der Waals surface area contributed by atoms with Crippen LogP contribution in [0.2, 0.25) is 0 Å². The van der Waals surface area contributed by atoms with Crippen LogP contribution in [-0.4, -0.2) is 28.9 Å². The number of hydrazone groups is 1. The van der Waals surface area contributed by atoms with Gasteiger partial charge in [0.15, 0.2) is 22.8 Å². The van der Waals surface area contributed by atoms with Crippen LogP contribution in [0.15, 0.2) is 81.3 Å². The molecule has 0 radical (unpaired) electrons. The van der Waals surface area contributed by atoms with Crippen LogP contribution in [0, 0.1) is 0 Å². The maximum Gasteiger partial charge on any atom is 0.276 e. The van der Waals surface area contributed by atoms with Crippen LogP contribution in [0.5, 0.6) is 11.5 Å². The van der Waals surface area contributed by atoms with Crippen molar-refractivity contribution >= 4 is 44.5 Å². The number of para-hydroxylation sites is 1. The van der Waals surface area contributed by atoms with E-state index < -0.39 is 6.17 Å². The zero-order chi connectivity index (χ0) is 27.9. The van der Waals surface area contributed by atoms with Gasteiger partial charge in [0.25, 0.3) is 5.91 Å². The number of halogens is 1. The van der Waals surface area contributed by atoms with Crippen molar-refractivity contribution in [1.29, 1.82) is 0 Å². The van der Waals surface area contributed by atoms with Gasteiger partial charge in [0.2, 0.25) is 0 Å². The van der Waals surface area contributed by atoms with Crippen molar-refractivity contribution < 1.29 is 14.3 Å². The summed E-state index contributed by atoms with van der Waals surface area (Å²) < 4.78 is 12.6. The Hall–Kier alpha value is -3.30. The van der Waals surface area contributed by atoms with Gasteiger partial charge in [-0.15, -0.1) is 5.10 Å². The summed E-state index contributed by atoms with van der Waals surface area (Å²) in [4.78, 5) is 18.5. The minimum atomic E-state index is -0.551. The van der Waals surface area contributed by atoms with E-state index in [-0.39, 0.29) is 5.91 Å². The van der Waals surface area contributed by atoms with E-state index in [4.69, 9.17) is 19.6 Å². The molecule has 0 saturated heterocycles. The summed E-state index contributed by atoms with van der Waals surface area (Å²) in [5.74, 6) is 1.90. The SMILES string of the molecule is CCCCCCCSC1=NN2C(=c3ccccc3=NC2c2cc(Br)c(OCc3ccccc3)c(OC)c2)C(=O)N1. The first-order chi connectivity index (χ1) is 19.6. The van der Waals surface area contributed by atoms with Gasteiger partial charge in [-0.05, 0) is 46.1 Å². The number of benzene rings is 3. The molecule has 1 atom stereocenters. The van der Waals surface area contributed by atoms with Crippen LogP contribution in [0.3, 0.4) is 0 Å². The van der Waals surface area contributed by atoms with Crippen LogP contribution in [-0.2, 0) is 11.4 Å². The van der Waals surface area contributed by atoms with Gasteiger partial charge in [0.05, 0.1) is 16.9 Å². The molecule has 0 spiro atoms. The fraction of sp³-hybridized carbons (Fsp3) is 0.323. The molecule has 3 aromatic rings. The van der Waals surface area contributed by atoms with E-state index in [9.17, 15) is 4.79 Å². The van der Waals surface area contributed by atoms with Gasteiger partial charge in [-0.3, -0.25) is 15.1 Å². The van der Waals surface area contributed by atoms with Gasteiger partial charge < -0.3 is 9.47 Å². The first-order valence-electron chi connectivity index (χ1n) is 13.6. The van der Waals surface area contributed by atoms with Crippen LogP contribution >= 0.6 is 27.7 Å². The molecule has 9 heteroatoms. The van der Waals surface area contributed by atoms with Crippen molar-refractivity contribution in [2.24, 2.45) is 10.1 Å². The van der Waals surface area contributed by atoms with E-state index in [0.29, 0.717) is 29.0 Å². The standard InChI is InChI=1S/C31H33BrN4O3S/c1-3-4-5-6-12-17-40-31-34-30(37)27-23-15-10-11-16-25(23)33-29(36(27)35-31)22-18-24(32)28(26(19-22)38-2)39-20-21-13-8-7-9-14-21/h7-11,13-16,18-19,29H,3-6,12,17,20H2,1-2H3,(H,34,35,37). The maximum absolute atomic E-state index is 13.4. The molecule has 0 aliphatic carbocycles. The molecule has 0 bridgehead atoms. The molecule has 0 fully saturated rings. The third-order valence-corrected chi connectivity index (χ3v) is 8.32. The lowest BCUT2D eigenvalue weighted by molar-refractivity contribution is -0.116. The number of carbonyl (C=O) groups is 1. The smallest absolute Gasteiger partial charge is 0.276 e. The van der Waals surface area contributed by atoms with Crippen LogP contribution in [0.25, 0.3) is 5.70 Å². The van der Waals surface area contributed by atoms with E-state index in [1.165, 1.54) is 25.7 Å². The Kier molecular flexibility index (Phi) is 9.44. The highest BCUT2D eigenvalue weighted by molar-refractivity contribution is 9.10. The first-order valence-corrected chi connectivity index (χ1v) is 15.4. The zero-order valence-corrected chi connectivity index (χ0v) is 25.1. The predicted molar refractivity (Wildman–Crippen MR) is 163 cm³/mol. The van der Waals surface area contributed by atoms with Crippen molar-refractivity contribution in [2.45, 2.75) is 51.8 Å². The molecular weight excluding hydrogens is 588 g/mol. The second kappa shape index (κ2) is 13.4. The minimum absolute atomic E-state index is 0.176. The fourth-order valence-corrected chi connectivity index (χ4v) is 6.17. The van der Waals surface area contributed by atoms with Gasteiger partial charge in [0, 0.05) is 16.5 Å². The fourth-order valence-electron chi connectivity index (χ4n) is 4.74. The number of amides is 1. The number of hydrogen-bond acceptors (Lipinski definition) is 7. The van der Waals surface area contributed by atoms with Gasteiger partial charge in [-0.25, -0.2) is 5.01 Å². The van der Waals surface area contributed by atoms with E-state index in [1.807, 2.05) is 66.7 Å².